The molecule has 0 aliphatic heterocycles. The fraction of sp³-hybridized carbons (Fsp3) is 0.125. The average molecular weight is 213 g/mol. The van der Waals surface area contributed by atoms with Crippen LogP contribution in [0.2, 0.25) is 0 Å². The Labute approximate surface area is 82.3 Å². The summed E-state index contributed by atoms with van der Waals surface area (Å²) in [6.45, 7) is 0. The molecule has 0 radical (unpaired) electrons. The minimum atomic E-state index is -1.74. The third kappa shape index (κ3) is 1.50. The summed E-state index contributed by atoms with van der Waals surface area (Å²) in [7, 11) is 0. The van der Waals surface area contributed by atoms with Gasteiger partial charge in [-0.2, -0.15) is 0 Å². The van der Waals surface area contributed by atoms with Crippen molar-refractivity contribution in [2.45, 2.75) is 6.29 Å². The van der Waals surface area contributed by atoms with Gasteiger partial charge in [0.25, 0.3) is 0 Å². The topological polar surface area (TPSA) is 86.5 Å². The summed E-state index contributed by atoms with van der Waals surface area (Å²) < 4.78 is 4.80. The molecule has 2 aromatic heterocycles. The minimum Gasteiger partial charge on any atom is -0.406 e. The highest BCUT2D eigenvalue weighted by Crippen LogP contribution is 2.28. The van der Waals surface area contributed by atoms with Crippen molar-refractivity contribution in [3.8, 4) is 10.6 Å². The van der Waals surface area contributed by atoms with Gasteiger partial charge in [-0.15, -0.1) is 11.3 Å². The molecule has 0 unspecified atom stereocenters. The van der Waals surface area contributed by atoms with E-state index in [-0.39, 0.29) is 11.5 Å². The van der Waals surface area contributed by atoms with Gasteiger partial charge in [-0.1, -0.05) is 6.07 Å². The summed E-state index contributed by atoms with van der Waals surface area (Å²) in [5, 5.41) is 19.7. The molecule has 0 saturated carbocycles. The lowest BCUT2D eigenvalue weighted by Gasteiger charge is -1.99. The van der Waals surface area contributed by atoms with Crippen LogP contribution in [0.15, 0.2) is 26.7 Å². The zero-order chi connectivity index (χ0) is 10.1. The van der Waals surface area contributed by atoms with Crippen LogP contribution in [0.5, 0.6) is 0 Å². The Balaban J connectivity index is 2.58. The molecule has 14 heavy (non-hydrogen) atoms. The van der Waals surface area contributed by atoms with Crippen molar-refractivity contribution in [2.24, 2.45) is 0 Å². The molecule has 0 atom stereocenters. The molecule has 0 saturated heterocycles. The normalized spacial score (nSPS) is 11.1. The molecular weight excluding hydrogens is 206 g/mol. The molecule has 74 valence electrons. The van der Waals surface area contributed by atoms with E-state index in [4.69, 9.17) is 14.6 Å². The van der Waals surface area contributed by atoms with Gasteiger partial charge in [0.2, 0.25) is 0 Å². The number of aliphatic hydroxyl groups excluding tert-OH is 1. The van der Waals surface area contributed by atoms with Gasteiger partial charge in [-0.05, 0) is 11.4 Å². The Kier molecular flexibility index (Phi) is 2.24. The van der Waals surface area contributed by atoms with Gasteiger partial charge in [-0.3, -0.25) is 4.98 Å². The van der Waals surface area contributed by atoms with Gasteiger partial charge in [0.15, 0.2) is 12.1 Å². The highest BCUT2D eigenvalue weighted by molar-refractivity contribution is 7.13. The SMILES string of the molecule is O=c1[nH]c(C(O)O)c(-c2cccs2)o1. The smallest absolute Gasteiger partial charge is 0.406 e. The van der Waals surface area contributed by atoms with Crippen LogP contribution in [0, 0.1) is 0 Å². The maximum absolute atomic E-state index is 10.9. The molecular formula is C8H7NO4S. The zero-order valence-corrected chi connectivity index (χ0v) is 7.75. The number of aromatic amines is 1. The molecule has 0 aromatic carbocycles. The summed E-state index contributed by atoms with van der Waals surface area (Å²) in [6.07, 6.45) is -1.74. The van der Waals surface area contributed by atoms with E-state index >= 15 is 0 Å². The Morgan fingerprint density at radius 1 is 1.50 bits per heavy atom. The lowest BCUT2D eigenvalue weighted by Crippen LogP contribution is -2.01. The van der Waals surface area contributed by atoms with Crippen molar-refractivity contribution >= 4 is 11.3 Å². The van der Waals surface area contributed by atoms with Gasteiger partial charge in [-0.25, -0.2) is 4.79 Å². The molecule has 0 spiro atoms. The van der Waals surface area contributed by atoms with Crippen LogP contribution in [0.3, 0.4) is 0 Å². The molecule has 0 bridgehead atoms. The lowest BCUT2D eigenvalue weighted by molar-refractivity contribution is -0.0453. The first kappa shape index (κ1) is 9.20. The Bertz CT molecular complexity index is 468. The summed E-state index contributed by atoms with van der Waals surface area (Å²) in [5.74, 6) is -0.517. The molecule has 2 heterocycles. The predicted molar refractivity (Wildman–Crippen MR) is 49.8 cm³/mol. The van der Waals surface area contributed by atoms with Crippen molar-refractivity contribution in [3.63, 3.8) is 0 Å². The van der Waals surface area contributed by atoms with Crippen molar-refractivity contribution in [1.82, 2.24) is 4.98 Å². The monoisotopic (exact) mass is 213 g/mol. The van der Waals surface area contributed by atoms with Gasteiger partial charge >= 0.3 is 5.76 Å². The first-order valence-corrected chi connectivity index (χ1v) is 4.69. The number of thiophene rings is 1. The summed E-state index contributed by atoms with van der Waals surface area (Å²) in [4.78, 5) is 13.8. The fourth-order valence-corrected chi connectivity index (χ4v) is 1.83. The van der Waals surface area contributed by atoms with Gasteiger partial charge in [0.05, 0.1) is 4.88 Å². The molecule has 5 nitrogen and oxygen atoms in total. The largest absolute Gasteiger partial charge is 0.417 e. The second kappa shape index (κ2) is 3.41. The van der Waals surface area contributed by atoms with Crippen LogP contribution < -0.4 is 5.76 Å². The first-order chi connectivity index (χ1) is 6.68. The molecule has 3 N–H and O–H groups in total. The van der Waals surface area contributed by atoms with Gasteiger partial charge in [0, 0.05) is 0 Å². The minimum absolute atomic E-state index is 0.0162. The third-order valence-corrected chi connectivity index (χ3v) is 2.55. The molecule has 2 aromatic rings. The molecule has 6 heteroatoms. The van der Waals surface area contributed by atoms with Crippen molar-refractivity contribution in [2.75, 3.05) is 0 Å². The highest BCUT2D eigenvalue weighted by Gasteiger charge is 2.17. The summed E-state index contributed by atoms with van der Waals surface area (Å²) in [6, 6.07) is 3.50. The van der Waals surface area contributed by atoms with Crippen LogP contribution >= 0.6 is 11.3 Å². The van der Waals surface area contributed by atoms with Crippen LogP contribution in [0.4, 0.5) is 0 Å². The predicted octanol–water partition coefficient (Wildman–Crippen LogP) is 0.680. The van der Waals surface area contributed by atoms with E-state index < -0.39 is 12.0 Å². The van der Waals surface area contributed by atoms with E-state index in [1.807, 2.05) is 0 Å². The molecule has 0 aliphatic rings. The van der Waals surface area contributed by atoms with E-state index in [1.54, 1.807) is 17.5 Å². The standard InChI is InChI=1S/C8H7NO4S/c10-7(11)5-6(13-8(12)9-5)4-2-1-3-14-4/h1-3,7,10-11H,(H,9,12). The van der Waals surface area contributed by atoms with Crippen LogP contribution in [0.25, 0.3) is 10.6 Å². The number of oxazole rings is 1. The Morgan fingerprint density at radius 3 is 2.86 bits per heavy atom. The van der Waals surface area contributed by atoms with Crippen molar-refractivity contribution in [3.05, 3.63) is 33.8 Å². The van der Waals surface area contributed by atoms with E-state index in [9.17, 15) is 4.79 Å². The number of rotatable bonds is 2. The quantitative estimate of drug-likeness (QED) is 0.640. The number of aliphatic hydroxyl groups is 2. The number of hydrogen-bond acceptors (Lipinski definition) is 5. The van der Waals surface area contributed by atoms with Crippen molar-refractivity contribution in [1.29, 1.82) is 0 Å². The van der Waals surface area contributed by atoms with Crippen LogP contribution in [-0.4, -0.2) is 15.2 Å². The molecule has 0 fully saturated rings. The van der Waals surface area contributed by atoms with E-state index in [0.717, 1.165) is 0 Å². The second-order valence-electron chi connectivity index (χ2n) is 2.61. The number of H-pyrrole nitrogens is 1. The summed E-state index contributed by atoms with van der Waals surface area (Å²) >= 11 is 1.35. The average Bonchev–Trinajstić information content (AvgIpc) is 2.70. The van der Waals surface area contributed by atoms with E-state index in [2.05, 4.69) is 4.98 Å². The number of hydrogen-bond donors (Lipinski definition) is 3. The number of aromatic nitrogens is 1. The van der Waals surface area contributed by atoms with Crippen molar-refractivity contribution < 1.29 is 14.6 Å². The number of nitrogens with one attached hydrogen (secondary N) is 1. The Morgan fingerprint density at radius 2 is 2.29 bits per heavy atom. The van der Waals surface area contributed by atoms with E-state index in [1.165, 1.54) is 11.3 Å². The zero-order valence-electron chi connectivity index (χ0n) is 6.93. The lowest BCUT2D eigenvalue weighted by atomic mass is 10.3. The summed E-state index contributed by atoms with van der Waals surface area (Å²) in [5.41, 5.74) is -0.0162. The third-order valence-electron chi connectivity index (χ3n) is 1.68. The van der Waals surface area contributed by atoms with Gasteiger partial charge in [0.1, 0.15) is 5.69 Å². The highest BCUT2D eigenvalue weighted by atomic mass is 32.1. The second-order valence-corrected chi connectivity index (χ2v) is 3.56. The van der Waals surface area contributed by atoms with Crippen LogP contribution in [-0.2, 0) is 0 Å². The Hall–Kier alpha value is -1.37. The first-order valence-electron chi connectivity index (χ1n) is 3.81. The fourth-order valence-electron chi connectivity index (χ4n) is 1.11. The van der Waals surface area contributed by atoms with Crippen LogP contribution in [0.1, 0.15) is 12.0 Å². The molecule has 2 rings (SSSR count). The van der Waals surface area contributed by atoms with Gasteiger partial charge < -0.3 is 14.6 Å². The molecule has 0 amide bonds. The molecule has 0 aliphatic carbocycles. The maximum atomic E-state index is 10.9. The maximum Gasteiger partial charge on any atom is 0.417 e. The van der Waals surface area contributed by atoms with E-state index in [0.29, 0.717) is 4.88 Å².